The highest BCUT2D eigenvalue weighted by molar-refractivity contribution is 5.08. The molecule has 0 aromatic carbocycles. The smallest absolute Gasteiger partial charge is 0.137 e. The molecule has 1 aliphatic rings. The molecule has 0 amide bonds. The third kappa shape index (κ3) is 1.46. The van der Waals surface area contributed by atoms with E-state index in [1.54, 1.807) is 12.7 Å². The van der Waals surface area contributed by atoms with Gasteiger partial charge in [-0.2, -0.15) is 5.10 Å². The molecule has 0 radical (unpaired) electrons. The van der Waals surface area contributed by atoms with E-state index in [0.717, 1.165) is 13.0 Å². The lowest BCUT2D eigenvalue weighted by atomic mass is 10.1. The van der Waals surface area contributed by atoms with Crippen molar-refractivity contribution in [1.29, 1.82) is 0 Å². The van der Waals surface area contributed by atoms with Crippen molar-refractivity contribution in [2.75, 3.05) is 0 Å². The predicted molar refractivity (Wildman–Crippen MR) is 49.9 cm³/mol. The zero-order valence-electron chi connectivity index (χ0n) is 8.14. The average Bonchev–Trinajstić information content (AvgIpc) is 2.57. The van der Waals surface area contributed by atoms with E-state index in [9.17, 15) is 0 Å². The molecule has 2 N–H and O–H groups in total. The van der Waals surface area contributed by atoms with Crippen molar-refractivity contribution in [3.8, 4) is 0 Å². The molecule has 2 unspecified atom stereocenters. The van der Waals surface area contributed by atoms with Gasteiger partial charge in [0.2, 0.25) is 0 Å². The topological polar surface area (TPSA) is 56.7 Å². The van der Waals surface area contributed by atoms with E-state index in [-0.39, 0.29) is 0 Å². The summed E-state index contributed by atoms with van der Waals surface area (Å²) in [4.78, 5) is 3.90. The first-order valence-corrected chi connectivity index (χ1v) is 4.70. The largest absolute Gasteiger partial charge is 0.327 e. The molecule has 1 aromatic rings. The Hall–Kier alpha value is -0.900. The minimum Gasteiger partial charge on any atom is -0.327 e. The van der Waals surface area contributed by atoms with Gasteiger partial charge >= 0.3 is 0 Å². The molecule has 2 atom stereocenters. The Balaban J connectivity index is 1.83. The molecule has 1 aromatic heterocycles. The van der Waals surface area contributed by atoms with Crippen molar-refractivity contribution in [2.45, 2.75) is 32.9 Å². The Morgan fingerprint density at radius 3 is 2.69 bits per heavy atom. The first kappa shape index (κ1) is 8.69. The van der Waals surface area contributed by atoms with Crippen LogP contribution in [0.2, 0.25) is 0 Å². The maximum absolute atomic E-state index is 5.94. The zero-order valence-corrected chi connectivity index (χ0v) is 8.14. The molecule has 4 heteroatoms. The van der Waals surface area contributed by atoms with Crippen molar-refractivity contribution >= 4 is 0 Å². The summed E-state index contributed by atoms with van der Waals surface area (Å²) < 4.78 is 1.86. The molecule has 72 valence electrons. The summed E-state index contributed by atoms with van der Waals surface area (Å²) >= 11 is 0. The number of hydrogen-bond donors (Lipinski definition) is 1. The molecule has 0 spiro atoms. The van der Waals surface area contributed by atoms with Gasteiger partial charge in [0.15, 0.2) is 0 Å². The maximum Gasteiger partial charge on any atom is 0.137 e. The lowest BCUT2D eigenvalue weighted by molar-refractivity contribution is 0.476. The van der Waals surface area contributed by atoms with Crippen molar-refractivity contribution < 1.29 is 0 Å². The van der Waals surface area contributed by atoms with E-state index in [1.807, 2.05) is 4.68 Å². The second-order valence-corrected chi connectivity index (χ2v) is 4.40. The molecule has 13 heavy (non-hydrogen) atoms. The van der Waals surface area contributed by atoms with E-state index in [4.69, 9.17) is 5.73 Å². The zero-order chi connectivity index (χ0) is 9.47. The number of aromatic nitrogens is 3. The van der Waals surface area contributed by atoms with Crippen LogP contribution < -0.4 is 5.73 Å². The molecular formula is C9H16N4. The van der Waals surface area contributed by atoms with Gasteiger partial charge in [0.05, 0.1) is 0 Å². The summed E-state index contributed by atoms with van der Waals surface area (Å²) in [7, 11) is 0. The number of rotatable bonds is 3. The number of aryl methyl sites for hydroxylation is 1. The second kappa shape index (κ2) is 2.80. The maximum atomic E-state index is 5.94. The number of nitrogens with zero attached hydrogens (tertiary/aromatic N) is 3. The second-order valence-electron chi connectivity index (χ2n) is 4.40. The predicted octanol–water partition coefficient (Wildman–Crippen LogP) is 0.651. The van der Waals surface area contributed by atoms with E-state index < -0.39 is 0 Å². The van der Waals surface area contributed by atoms with Crippen LogP contribution in [0.4, 0.5) is 0 Å². The molecule has 1 fully saturated rings. The monoisotopic (exact) mass is 180 g/mol. The minimum atomic E-state index is 0.334. The summed E-state index contributed by atoms with van der Waals surface area (Å²) in [5, 5.41) is 4.05. The summed E-state index contributed by atoms with van der Waals surface area (Å²) in [6.45, 7) is 5.38. The normalized spacial score (nSPS) is 30.4. The van der Waals surface area contributed by atoms with E-state index in [0.29, 0.717) is 17.4 Å². The van der Waals surface area contributed by atoms with Gasteiger partial charge in [-0.05, 0) is 17.8 Å². The molecule has 4 nitrogen and oxygen atoms in total. The standard InChI is InChI=1S/C9H16N4/c1-9(2)7(8(9)10)3-4-13-6-11-5-12-13/h5-8H,3-4,10H2,1-2H3. The Bertz CT molecular complexity index is 278. The third-order valence-electron chi connectivity index (χ3n) is 3.27. The summed E-state index contributed by atoms with van der Waals surface area (Å²) in [6.07, 6.45) is 4.43. The number of hydrogen-bond acceptors (Lipinski definition) is 3. The molecule has 0 bridgehead atoms. The SMILES string of the molecule is CC1(C)C(N)C1CCn1cncn1. The highest BCUT2D eigenvalue weighted by Crippen LogP contribution is 2.52. The molecule has 0 saturated heterocycles. The van der Waals surface area contributed by atoms with Gasteiger partial charge in [0.1, 0.15) is 12.7 Å². The Morgan fingerprint density at radius 1 is 1.54 bits per heavy atom. The van der Waals surface area contributed by atoms with Gasteiger partial charge in [0.25, 0.3) is 0 Å². The molecule has 2 rings (SSSR count). The van der Waals surface area contributed by atoms with Crippen molar-refractivity contribution in [2.24, 2.45) is 17.1 Å². The van der Waals surface area contributed by atoms with E-state index in [2.05, 4.69) is 23.9 Å². The summed E-state index contributed by atoms with van der Waals surface area (Å²) in [5.74, 6) is 0.650. The van der Waals surface area contributed by atoms with Gasteiger partial charge in [-0.3, -0.25) is 4.68 Å². The van der Waals surface area contributed by atoms with Crippen LogP contribution in [-0.2, 0) is 6.54 Å². The lowest BCUT2D eigenvalue weighted by Crippen LogP contribution is -2.07. The van der Waals surface area contributed by atoms with Gasteiger partial charge in [-0.15, -0.1) is 0 Å². The molecule has 1 heterocycles. The van der Waals surface area contributed by atoms with Gasteiger partial charge < -0.3 is 5.73 Å². The summed E-state index contributed by atoms with van der Waals surface area (Å²) in [5.41, 5.74) is 6.27. The van der Waals surface area contributed by atoms with Gasteiger partial charge in [0, 0.05) is 12.6 Å². The first-order chi connectivity index (χ1) is 6.12. The molecule has 0 aliphatic heterocycles. The highest BCUT2D eigenvalue weighted by atomic mass is 15.3. The quantitative estimate of drug-likeness (QED) is 0.743. The third-order valence-corrected chi connectivity index (χ3v) is 3.27. The molecule has 1 saturated carbocycles. The lowest BCUT2D eigenvalue weighted by Gasteiger charge is -2.01. The Labute approximate surface area is 78.1 Å². The van der Waals surface area contributed by atoms with Crippen molar-refractivity contribution in [3.05, 3.63) is 12.7 Å². The van der Waals surface area contributed by atoms with E-state index >= 15 is 0 Å². The Kier molecular flexibility index (Phi) is 1.87. The molecular weight excluding hydrogens is 164 g/mol. The fourth-order valence-electron chi connectivity index (χ4n) is 1.96. The van der Waals surface area contributed by atoms with Crippen molar-refractivity contribution in [3.63, 3.8) is 0 Å². The average molecular weight is 180 g/mol. The van der Waals surface area contributed by atoms with Crippen LogP contribution >= 0.6 is 0 Å². The van der Waals surface area contributed by atoms with E-state index in [1.165, 1.54) is 0 Å². The molecule has 1 aliphatic carbocycles. The summed E-state index contributed by atoms with van der Waals surface area (Å²) in [6, 6.07) is 0.371. The van der Waals surface area contributed by atoms with Crippen LogP contribution in [-0.4, -0.2) is 20.8 Å². The Morgan fingerprint density at radius 2 is 2.23 bits per heavy atom. The van der Waals surface area contributed by atoms with Crippen LogP contribution in [0, 0.1) is 11.3 Å². The first-order valence-electron chi connectivity index (χ1n) is 4.70. The van der Waals surface area contributed by atoms with Crippen LogP contribution in [0.1, 0.15) is 20.3 Å². The van der Waals surface area contributed by atoms with Gasteiger partial charge in [-0.1, -0.05) is 13.8 Å². The van der Waals surface area contributed by atoms with Crippen LogP contribution in [0.25, 0.3) is 0 Å². The highest BCUT2D eigenvalue weighted by Gasteiger charge is 2.54. The number of nitrogens with two attached hydrogens (primary N) is 1. The van der Waals surface area contributed by atoms with Crippen LogP contribution in [0.3, 0.4) is 0 Å². The van der Waals surface area contributed by atoms with Crippen molar-refractivity contribution in [1.82, 2.24) is 14.8 Å². The van der Waals surface area contributed by atoms with Gasteiger partial charge in [-0.25, -0.2) is 4.98 Å². The fraction of sp³-hybridized carbons (Fsp3) is 0.778. The van der Waals surface area contributed by atoms with Crippen LogP contribution in [0.15, 0.2) is 12.7 Å². The fourth-order valence-corrected chi connectivity index (χ4v) is 1.96. The minimum absolute atomic E-state index is 0.334. The van der Waals surface area contributed by atoms with Crippen LogP contribution in [0.5, 0.6) is 0 Å².